The van der Waals surface area contributed by atoms with E-state index >= 15 is 0 Å². The van der Waals surface area contributed by atoms with Crippen LogP contribution < -0.4 is 9.64 Å². The molecule has 0 spiro atoms. The van der Waals surface area contributed by atoms with Crippen molar-refractivity contribution < 1.29 is 4.74 Å². The van der Waals surface area contributed by atoms with E-state index < -0.39 is 0 Å². The lowest BCUT2D eigenvalue weighted by Gasteiger charge is -2.31. The standard InChI is InChI=1S/C15H13BrClNO/c16-12-3-6-15-14(9-12)18(7-8-19-15)10-11-1-4-13(17)5-2-11/h1-6,9H,7-8,10H2. The second-order valence-corrected chi connectivity index (χ2v) is 5.86. The van der Waals surface area contributed by atoms with Gasteiger partial charge in [0.25, 0.3) is 0 Å². The molecule has 0 saturated carbocycles. The Morgan fingerprint density at radius 1 is 1.16 bits per heavy atom. The molecule has 19 heavy (non-hydrogen) atoms. The van der Waals surface area contributed by atoms with Crippen LogP contribution in [-0.4, -0.2) is 13.2 Å². The number of hydrogen-bond acceptors (Lipinski definition) is 2. The van der Waals surface area contributed by atoms with Crippen molar-refractivity contribution in [1.29, 1.82) is 0 Å². The van der Waals surface area contributed by atoms with Gasteiger partial charge in [0.1, 0.15) is 12.4 Å². The zero-order valence-corrected chi connectivity index (χ0v) is 12.6. The molecule has 2 nitrogen and oxygen atoms in total. The van der Waals surface area contributed by atoms with Crippen molar-refractivity contribution in [2.45, 2.75) is 6.54 Å². The summed E-state index contributed by atoms with van der Waals surface area (Å²) in [6, 6.07) is 14.1. The summed E-state index contributed by atoms with van der Waals surface area (Å²) in [7, 11) is 0. The first kappa shape index (κ1) is 12.8. The summed E-state index contributed by atoms with van der Waals surface area (Å²) in [6.07, 6.45) is 0. The van der Waals surface area contributed by atoms with Gasteiger partial charge in [-0.3, -0.25) is 0 Å². The summed E-state index contributed by atoms with van der Waals surface area (Å²) >= 11 is 9.43. The molecule has 3 rings (SSSR count). The van der Waals surface area contributed by atoms with Gasteiger partial charge in [-0.15, -0.1) is 0 Å². The Hall–Kier alpha value is -1.19. The SMILES string of the molecule is Clc1ccc(CN2CCOc3ccc(Br)cc32)cc1. The Kier molecular flexibility index (Phi) is 3.67. The molecular weight excluding hydrogens is 326 g/mol. The molecule has 2 aromatic rings. The van der Waals surface area contributed by atoms with Crippen molar-refractivity contribution in [2.75, 3.05) is 18.1 Å². The molecule has 0 amide bonds. The molecule has 0 bridgehead atoms. The maximum atomic E-state index is 5.92. The number of fused-ring (bicyclic) bond motifs is 1. The third-order valence-electron chi connectivity index (χ3n) is 3.17. The first-order valence-corrected chi connectivity index (χ1v) is 7.31. The predicted octanol–water partition coefficient (Wildman–Crippen LogP) is 4.50. The number of ether oxygens (including phenoxy) is 1. The monoisotopic (exact) mass is 337 g/mol. The van der Waals surface area contributed by atoms with Crippen molar-refractivity contribution in [3.63, 3.8) is 0 Å². The third-order valence-corrected chi connectivity index (χ3v) is 3.91. The Morgan fingerprint density at radius 2 is 1.95 bits per heavy atom. The van der Waals surface area contributed by atoms with Crippen LogP contribution in [0.5, 0.6) is 5.75 Å². The first-order valence-electron chi connectivity index (χ1n) is 6.14. The Morgan fingerprint density at radius 3 is 2.74 bits per heavy atom. The summed E-state index contributed by atoms with van der Waals surface area (Å²) in [6.45, 7) is 2.48. The molecule has 0 unspecified atom stereocenters. The molecule has 1 aliphatic heterocycles. The van der Waals surface area contributed by atoms with Crippen LogP contribution in [0.2, 0.25) is 5.02 Å². The second-order valence-electron chi connectivity index (χ2n) is 4.51. The van der Waals surface area contributed by atoms with Gasteiger partial charge in [-0.05, 0) is 35.9 Å². The molecule has 0 aromatic heterocycles. The van der Waals surface area contributed by atoms with Crippen molar-refractivity contribution in [2.24, 2.45) is 0 Å². The molecule has 0 N–H and O–H groups in total. The van der Waals surface area contributed by atoms with Gasteiger partial charge >= 0.3 is 0 Å². The maximum Gasteiger partial charge on any atom is 0.142 e. The van der Waals surface area contributed by atoms with E-state index in [1.165, 1.54) is 5.56 Å². The number of benzene rings is 2. The van der Waals surface area contributed by atoms with Gasteiger partial charge in [0.05, 0.1) is 12.2 Å². The molecule has 98 valence electrons. The molecule has 1 aliphatic rings. The fraction of sp³-hybridized carbons (Fsp3) is 0.200. The molecule has 0 aliphatic carbocycles. The Bertz CT molecular complexity index is 585. The highest BCUT2D eigenvalue weighted by molar-refractivity contribution is 9.10. The van der Waals surface area contributed by atoms with Crippen LogP contribution in [0, 0.1) is 0 Å². The van der Waals surface area contributed by atoms with Gasteiger partial charge in [0, 0.05) is 16.0 Å². The normalized spacial score (nSPS) is 13.9. The van der Waals surface area contributed by atoms with Gasteiger partial charge in [-0.1, -0.05) is 39.7 Å². The van der Waals surface area contributed by atoms with Crippen LogP contribution >= 0.6 is 27.5 Å². The number of halogens is 2. The Balaban J connectivity index is 1.87. The average molecular weight is 339 g/mol. The quantitative estimate of drug-likeness (QED) is 0.799. The van der Waals surface area contributed by atoms with Gasteiger partial charge < -0.3 is 9.64 Å². The average Bonchev–Trinajstić information content (AvgIpc) is 2.42. The van der Waals surface area contributed by atoms with Crippen molar-refractivity contribution in [3.8, 4) is 5.75 Å². The van der Waals surface area contributed by atoms with Crippen LogP contribution in [0.25, 0.3) is 0 Å². The molecule has 0 atom stereocenters. The van der Waals surface area contributed by atoms with E-state index in [1.807, 2.05) is 24.3 Å². The number of nitrogens with zero attached hydrogens (tertiary/aromatic N) is 1. The zero-order valence-electron chi connectivity index (χ0n) is 10.3. The lowest BCUT2D eigenvalue weighted by Crippen LogP contribution is -2.32. The van der Waals surface area contributed by atoms with E-state index in [9.17, 15) is 0 Å². The highest BCUT2D eigenvalue weighted by atomic mass is 79.9. The van der Waals surface area contributed by atoms with Gasteiger partial charge in [-0.25, -0.2) is 0 Å². The summed E-state index contributed by atoms with van der Waals surface area (Å²) in [5, 5.41) is 0.772. The Labute approximate surface area is 126 Å². The van der Waals surface area contributed by atoms with Crippen LogP contribution in [0.15, 0.2) is 46.9 Å². The van der Waals surface area contributed by atoms with Crippen LogP contribution in [-0.2, 0) is 6.54 Å². The second kappa shape index (κ2) is 5.43. The summed E-state index contributed by atoms with van der Waals surface area (Å²) < 4.78 is 6.75. The van der Waals surface area contributed by atoms with Crippen LogP contribution in [0.4, 0.5) is 5.69 Å². The minimum Gasteiger partial charge on any atom is -0.490 e. The number of anilines is 1. The molecule has 1 heterocycles. The van der Waals surface area contributed by atoms with E-state index in [0.717, 1.165) is 40.6 Å². The van der Waals surface area contributed by atoms with Gasteiger partial charge in [-0.2, -0.15) is 0 Å². The zero-order chi connectivity index (χ0) is 13.2. The van der Waals surface area contributed by atoms with Gasteiger partial charge in [0.2, 0.25) is 0 Å². The van der Waals surface area contributed by atoms with E-state index in [2.05, 4.69) is 39.0 Å². The van der Waals surface area contributed by atoms with E-state index in [-0.39, 0.29) is 0 Å². The van der Waals surface area contributed by atoms with Crippen LogP contribution in [0.3, 0.4) is 0 Å². The molecular formula is C15H13BrClNO. The fourth-order valence-corrected chi connectivity index (χ4v) is 2.70. The lowest BCUT2D eigenvalue weighted by atomic mass is 10.1. The van der Waals surface area contributed by atoms with Crippen LogP contribution in [0.1, 0.15) is 5.56 Å². The molecule has 0 radical (unpaired) electrons. The maximum absolute atomic E-state index is 5.92. The lowest BCUT2D eigenvalue weighted by molar-refractivity contribution is 0.307. The first-order chi connectivity index (χ1) is 9.22. The van der Waals surface area contributed by atoms with E-state index in [1.54, 1.807) is 0 Å². The third kappa shape index (κ3) is 2.88. The predicted molar refractivity (Wildman–Crippen MR) is 82.1 cm³/mol. The number of rotatable bonds is 2. The highest BCUT2D eigenvalue weighted by Crippen LogP contribution is 2.34. The smallest absolute Gasteiger partial charge is 0.142 e. The molecule has 0 fully saturated rings. The summed E-state index contributed by atoms with van der Waals surface area (Å²) in [5.41, 5.74) is 2.38. The fourth-order valence-electron chi connectivity index (χ4n) is 2.22. The topological polar surface area (TPSA) is 12.5 Å². The molecule has 4 heteroatoms. The largest absolute Gasteiger partial charge is 0.490 e. The van der Waals surface area contributed by atoms with Crippen molar-refractivity contribution >= 4 is 33.2 Å². The number of hydrogen-bond donors (Lipinski definition) is 0. The molecule has 0 saturated heterocycles. The highest BCUT2D eigenvalue weighted by Gasteiger charge is 2.18. The minimum atomic E-state index is 0.724. The minimum absolute atomic E-state index is 0.724. The summed E-state index contributed by atoms with van der Waals surface area (Å²) in [4.78, 5) is 2.33. The van der Waals surface area contributed by atoms with E-state index in [4.69, 9.17) is 16.3 Å². The molecule has 2 aromatic carbocycles. The van der Waals surface area contributed by atoms with Gasteiger partial charge in [0.15, 0.2) is 0 Å². The van der Waals surface area contributed by atoms with E-state index in [0.29, 0.717) is 0 Å². The van der Waals surface area contributed by atoms with Crippen molar-refractivity contribution in [3.05, 3.63) is 57.5 Å². The summed E-state index contributed by atoms with van der Waals surface area (Å²) in [5.74, 6) is 0.948. The van der Waals surface area contributed by atoms with Crippen molar-refractivity contribution in [1.82, 2.24) is 0 Å².